The highest BCUT2D eigenvalue weighted by Crippen LogP contribution is 2.29. The molecule has 0 spiro atoms. The van der Waals surface area contributed by atoms with Crippen molar-refractivity contribution >= 4 is 31.7 Å². The van der Waals surface area contributed by atoms with Gasteiger partial charge in [-0.2, -0.15) is 0 Å². The average Bonchev–Trinajstić information content (AvgIpc) is 2.18. The van der Waals surface area contributed by atoms with Crippen molar-refractivity contribution in [3.05, 3.63) is 28.2 Å². The Morgan fingerprint density at radius 2 is 2.12 bits per heavy atom. The monoisotopic (exact) mass is 322 g/mol. The van der Waals surface area contributed by atoms with Gasteiger partial charge in [0.05, 0.1) is 10.2 Å². The van der Waals surface area contributed by atoms with Gasteiger partial charge in [0.2, 0.25) is 0 Å². The molecule has 0 amide bonds. The smallest absolute Gasteiger partial charge is 0.339 e. The van der Waals surface area contributed by atoms with Crippen LogP contribution in [0.15, 0.2) is 22.7 Å². The molecular weight excluding hydrogens is 312 g/mol. The molecule has 0 aliphatic carbocycles. The van der Waals surface area contributed by atoms with E-state index in [1.807, 2.05) is 0 Å². The Balaban J connectivity index is 2.86. The molecule has 0 saturated heterocycles. The Hall–Kier alpha value is -1.08. The molecule has 17 heavy (non-hydrogen) atoms. The zero-order valence-electron chi connectivity index (χ0n) is 9.01. The molecule has 0 bridgehead atoms. The fourth-order valence-corrected chi connectivity index (χ4v) is 1.99. The molecule has 1 N–H and O–H groups in total. The third-order valence-corrected chi connectivity index (χ3v) is 3.43. The van der Waals surface area contributed by atoms with Crippen molar-refractivity contribution < 1.29 is 23.1 Å². The molecule has 0 aromatic heterocycles. The minimum Gasteiger partial charge on any atom is -0.490 e. The summed E-state index contributed by atoms with van der Waals surface area (Å²) in [7, 11) is -3.13. The molecule has 0 aliphatic heterocycles. The first kappa shape index (κ1) is 14.0. The fraction of sp³-hybridized carbons (Fsp3) is 0.300. The van der Waals surface area contributed by atoms with Crippen molar-refractivity contribution in [3.8, 4) is 5.75 Å². The third kappa shape index (κ3) is 4.35. The Morgan fingerprint density at radius 1 is 1.47 bits per heavy atom. The lowest BCUT2D eigenvalue weighted by Crippen LogP contribution is -2.13. The molecule has 0 heterocycles. The SMILES string of the molecule is CS(=O)(=O)CCOc1c(Br)cccc1C(=O)O. The lowest BCUT2D eigenvalue weighted by Gasteiger charge is -2.10. The molecule has 0 unspecified atom stereocenters. The van der Waals surface area contributed by atoms with Gasteiger partial charge in [-0.25, -0.2) is 13.2 Å². The predicted molar refractivity (Wildman–Crippen MR) is 66.3 cm³/mol. The summed E-state index contributed by atoms with van der Waals surface area (Å²) in [4.78, 5) is 10.9. The number of rotatable bonds is 5. The van der Waals surface area contributed by atoms with Crippen LogP contribution in [0, 0.1) is 0 Å². The van der Waals surface area contributed by atoms with E-state index in [0.29, 0.717) is 4.47 Å². The van der Waals surface area contributed by atoms with Gasteiger partial charge in [-0.3, -0.25) is 0 Å². The molecule has 0 aliphatic rings. The normalized spacial score (nSPS) is 11.2. The second-order valence-electron chi connectivity index (χ2n) is 3.40. The number of hydrogen-bond acceptors (Lipinski definition) is 4. The summed E-state index contributed by atoms with van der Waals surface area (Å²) >= 11 is 3.16. The van der Waals surface area contributed by atoms with Gasteiger partial charge in [-0.15, -0.1) is 0 Å². The van der Waals surface area contributed by atoms with Crippen LogP contribution >= 0.6 is 15.9 Å². The van der Waals surface area contributed by atoms with Crippen LogP contribution in [-0.4, -0.2) is 38.1 Å². The van der Waals surface area contributed by atoms with Gasteiger partial charge >= 0.3 is 5.97 Å². The van der Waals surface area contributed by atoms with Crippen molar-refractivity contribution in [2.45, 2.75) is 0 Å². The van der Waals surface area contributed by atoms with Gasteiger partial charge < -0.3 is 9.84 Å². The molecule has 5 nitrogen and oxygen atoms in total. The molecule has 0 atom stereocenters. The average molecular weight is 323 g/mol. The topological polar surface area (TPSA) is 80.7 Å². The van der Waals surface area contributed by atoms with Crippen LogP contribution in [0.4, 0.5) is 0 Å². The van der Waals surface area contributed by atoms with E-state index in [0.717, 1.165) is 6.26 Å². The van der Waals surface area contributed by atoms with Crippen LogP contribution < -0.4 is 4.74 Å². The second-order valence-corrected chi connectivity index (χ2v) is 6.51. The lowest BCUT2D eigenvalue weighted by molar-refractivity contribution is 0.0692. The second kappa shape index (κ2) is 5.50. The number of carboxylic acid groups (broad SMARTS) is 1. The summed E-state index contributed by atoms with van der Waals surface area (Å²) in [6.45, 7) is -0.0816. The van der Waals surface area contributed by atoms with Crippen LogP contribution in [-0.2, 0) is 9.84 Å². The van der Waals surface area contributed by atoms with E-state index >= 15 is 0 Å². The minimum atomic E-state index is -3.13. The van der Waals surface area contributed by atoms with Gasteiger partial charge in [0.15, 0.2) is 9.84 Å². The van der Waals surface area contributed by atoms with Crippen molar-refractivity contribution in [1.29, 1.82) is 0 Å². The highest BCUT2D eigenvalue weighted by atomic mass is 79.9. The molecule has 0 fully saturated rings. The van der Waals surface area contributed by atoms with E-state index in [9.17, 15) is 13.2 Å². The van der Waals surface area contributed by atoms with E-state index < -0.39 is 15.8 Å². The summed E-state index contributed by atoms with van der Waals surface area (Å²) < 4.78 is 27.5. The Morgan fingerprint density at radius 3 is 2.65 bits per heavy atom. The molecule has 0 saturated carbocycles. The third-order valence-electron chi connectivity index (χ3n) is 1.90. The zero-order valence-corrected chi connectivity index (χ0v) is 11.4. The van der Waals surface area contributed by atoms with Crippen LogP contribution in [0.25, 0.3) is 0 Å². The highest BCUT2D eigenvalue weighted by Gasteiger charge is 2.14. The number of para-hydroxylation sites is 1. The van der Waals surface area contributed by atoms with Crippen molar-refractivity contribution in [2.75, 3.05) is 18.6 Å². The highest BCUT2D eigenvalue weighted by molar-refractivity contribution is 9.10. The largest absolute Gasteiger partial charge is 0.490 e. The maximum absolute atomic E-state index is 10.9. The molecule has 1 rings (SSSR count). The first-order chi connectivity index (χ1) is 7.81. The molecule has 7 heteroatoms. The Bertz CT molecular complexity index is 523. The molecule has 94 valence electrons. The summed E-state index contributed by atoms with van der Waals surface area (Å²) in [5, 5.41) is 8.93. The Kier molecular flexibility index (Phi) is 4.53. The van der Waals surface area contributed by atoms with Crippen LogP contribution in [0.2, 0.25) is 0 Å². The van der Waals surface area contributed by atoms with Crippen LogP contribution in [0.1, 0.15) is 10.4 Å². The number of sulfone groups is 1. The zero-order chi connectivity index (χ0) is 13.1. The summed E-state index contributed by atoms with van der Waals surface area (Å²) in [5.74, 6) is -1.14. The van der Waals surface area contributed by atoms with E-state index in [2.05, 4.69) is 15.9 Å². The van der Waals surface area contributed by atoms with Crippen molar-refractivity contribution in [3.63, 3.8) is 0 Å². The van der Waals surface area contributed by atoms with Gasteiger partial charge in [0.1, 0.15) is 17.9 Å². The number of benzene rings is 1. The number of carboxylic acids is 1. The molecule has 1 aromatic rings. The molecule has 0 radical (unpaired) electrons. The van der Waals surface area contributed by atoms with Crippen molar-refractivity contribution in [2.24, 2.45) is 0 Å². The maximum Gasteiger partial charge on any atom is 0.339 e. The van der Waals surface area contributed by atoms with Gasteiger partial charge in [-0.05, 0) is 28.1 Å². The first-order valence-electron chi connectivity index (χ1n) is 4.63. The summed E-state index contributed by atoms with van der Waals surface area (Å²) in [6.07, 6.45) is 1.09. The lowest BCUT2D eigenvalue weighted by atomic mass is 10.2. The molecule has 1 aromatic carbocycles. The number of carbonyl (C=O) groups is 1. The summed E-state index contributed by atoms with van der Waals surface area (Å²) in [6, 6.07) is 4.59. The number of ether oxygens (including phenoxy) is 1. The number of hydrogen-bond donors (Lipinski definition) is 1. The standard InChI is InChI=1S/C10H11BrO5S/c1-17(14,15)6-5-16-9-7(10(12)13)3-2-4-8(9)11/h2-4H,5-6H2,1H3,(H,12,13). The van der Waals surface area contributed by atoms with Crippen LogP contribution in [0.3, 0.4) is 0 Å². The van der Waals surface area contributed by atoms with Gasteiger partial charge in [0, 0.05) is 6.26 Å². The van der Waals surface area contributed by atoms with E-state index in [4.69, 9.17) is 9.84 Å². The predicted octanol–water partition coefficient (Wildman–Crippen LogP) is 1.57. The van der Waals surface area contributed by atoms with Gasteiger partial charge in [0.25, 0.3) is 0 Å². The first-order valence-corrected chi connectivity index (χ1v) is 7.49. The summed E-state index contributed by atoms with van der Waals surface area (Å²) in [5.41, 5.74) is -0.00660. The van der Waals surface area contributed by atoms with E-state index in [-0.39, 0.29) is 23.7 Å². The van der Waals surface area contributed by atoms with Gasteiger partial charge in [-0.1, -0.05) is 6.07 Å². The van der Waals surface area contributed by atoms with E-state index in [1.54, 1.807) is 12.1 Å². The van der Waals surface area contributed by atoms with Crippen molar-refractivity contribution in [1.82, 2.24) is 0 Å². The quantitative estimate of drug-likeness (QED) is 0.890. The molecular formula is C10H11BrO5S. The minimum absolute atomic E-state index is 0.00660. The van der Waals surface area contributed by atoms with Crippen LogP contribution in [0.5, 0.6) is 5.75 Å². The van der Waals surface area contributed by atoms with E-state index in [1.165, 1.54) is 6.07 Å². The Labute approximate surface area is 107 Å². The number of halogens is 1. The fourth-order valence-electron chi connectivity index (χ4n) is 1.12. The maximum atomic E-state index is 10.9. The number of aromatic carboxylic acids is 1.